The average molecular weight is 775 g/mol. The van der Waals surface area contributed by atoms with Crippen molar-refractivity contribution in [2.45, 2.75) is 252 Å². The molecule has 0 spiro atoms. The number of phosphoric acid groups is 1. The van der Waals surface area contributed by atoms with E-state index in [0.717, 1.165) is 38.0 Å². The van der Waals surface area contributed by atoms with Crippen molar-refractivity contribution in [3.05, 3.63) is 0 Å². The van der Waals surface area contributed by atoms with Gasteiger partial charge in [-0.2, -0.15) is 0 Å². The van der Waals surface area contributed by atoms with E-state index >= 15 is 0 Å². The lowest BCUT2D eigenvalue weighted by Gasteiger charge is -2.18. The van der Waals surface area contributed by atoms with Crippen LogP contribution in [-0.4, -0.2) is 41.0 Å². The van der Waals surface area contributed by atoms with Gasteiger partial charge in [0.2, 0.25) is 0 Å². The predicted molar refractivity (Wildman–Crippen MR) is 221 cm³/mol. The molecule has 2 N–H and O–H groups in total. The summed E-state index contributed by atoms with van der Waals surface area (Å²) in [5, 5.41) is 0. The van der Waals surface area contributed by atoms with Crippen molar-refractivity contribution >= 4 is 19.8 Å². The number of esters is 2. The molecule has 0 aromatic rings. The molecule has 0 aliphatic carbocycles. The molecule has 0 aliphatic rings. The van der Waals surface area contributed by atoms with Gasteiger partial charge in [-0.1, -0.05) is 220 Å². The van der Waals surface area contributed by atoms with Crippen LogP contribution in [0.5, 0.6) is 0 Å². The maximum absolute atomic E-state index is 12.4. The number of rotatable bonds is 42. The topological polar surface area (TPSA) is 119 Å². The first-order valence-corrected chi connectivity index (χ1v) is 24.3. The van der Waals surface area contributed by atoms with Crippen molar-refractivity contribution in [3.8, 4) is 0 Å². The first kappa shape index (κ1) is 52.0. The highest BCUT2D eigenvalue weighted by molar-refractivity contribution is 7.46. The van der Waals surface area contributed by atoms with E-state index in [4.69, 9.17) is 19.3 Å². The lowest BCUT2D eigenvalue weighted by atomic mass is 9.99. The summed E-state index contributed by atoms with van der Waals surface area (Å²) in [5.41, 5.74) is 0. The molecule has 8 nitrogen and oxygen atoms in total. The van der Waals surface area contributed by atoms with E-state index < -0.39 is 32.5 Å². The molecule has 1 unspecified atom stereocenters. The summed E-state index contributed by atoms with van der Waals surface area (Å²) in [4.78, 5) is 42.9. The molecule has 0 aliphatic heterocycles. The van der Waals surface area contributed by atoms with Gasteiger partial charge in [-0.3, -0.25) is 14.1 Å². The average Bonchev–Trinajstić information content (AvgIpc) is 3.13. The molecule has 0 fully saturated rings. The molecule has 0 rings (SSSR count). The Morgan fingerprint density at radius 3 is 1.19 bits per heavy atom. The van der Waals surface area contributed by atoms with Crippen LogP contribution in [-0.2, 0) is 28.2 Å². The van der Waals surface area contributed by atoms with E-state index in [0.29, 0.717) is 6.42 Å². The number of ether oxygens (including phenoxy) is 2. The fourth-order valence-electron chi connectivity index (χ4n) is 6.88. The van der Waals surface area contributed by atoms with Crippen LogP contribution in [0.3, 0.4) is 0 Å². The Morgan fingerprint density at radius 2 is 0.830 bits per heavy atom. The fraction of sp³-hybridized carbons (Fsp3) is 0.955. The Morgan fingerprint density at radius 1 is 0.491 bits per heavy atom. The van der Waals surface area contributed by atoms with Gasteiger partial charge < -0.3 is 19.3 Å². The zero-order valence-corrected chi connectivity index (χ0v) is 36.0. The highest BCUT2D eigenvalue weighted by atomic mass is 31.2. The summed E-state index contributed by atoms with van der Waals surface area (Å²) in [7, 11) is -4.75. The summed E-state index contributed by atoms with van der Waals surface area (Å²) in [5.74, 6) is 0.0183. The second-order valence-electron chi connectivity index (χ2n) is 16.0. The third-order valence-corrected chi connectivity index (χ3v) is 11.2. The first-order valence-electron chi connectivity index (χ1n) is 22.7. The molecule has 0 aromatic heterocycles. The lowest BCUT2D eigenvalue weighted by Crippen LogP contribution is -2.29. The fourth-order valence-corrected chi connectivity index (χ4v) is 7.24. The van der Waals surface area contributed by atoms with Crippen molar-refractivity contribution in [1.29, 1.82) is 0 Å². The third-order valence-electron chi connectivity index (χ3n) is 10.7. The molecular weight excluding hydrogens is 687 g/mol. The Bertz CT molecular complexity index is 847. The number of phosphoric ester groups is 1. The molecule has 9 heteroatoms. The minimum atomic E-state index is -4.75. The van der Waals surface area contributed by atoms with Crippen molar-refractivity contribution < 1.29 is 37.9 Å². The van der Waals surface area contributed by atoms with Crippen LogP contribution >= 0.6 is 7.82 Å². The monoisotopic (exact) mass is 775 g/mol. The number of hydrogen-bond donors (Lipinski definition) is 2. The molecule has 0 bridgehead atoms. The number of unbranched alkanes of at least 4 members (excludes halogenated alkanes) is 29. The molecular formula is C44H87O8P. The molecule has 0 amide bonds. The Hall–Kier alpha value is -0.950. The van der Waals surface area contributed by atoms with Crippen LogP contribution in [0, 0.1) is 5.92 Å². The van der Waals surface area contributed by atoms with Gasteiger partial charge >= 0.3 is 19.8 Å². The third kappa shape index (κ3) is 42.0. The van der Waals surface area contributed by atoms with Gasteiger partial charge in [0.05, 0.1) is 6.61 Å². The Balaban J connectivity index is 3.83. The minimum absolute atomic E-state index is 0.220. The van der Waals surface area contributed by atoms with E-state index in [1.807, 2.05) is 0 Å². The van der Waals surface area contributed by atoms with Gasteiger partial charge in [0, 0.05) is 12.8 Å². The Kier molecular flexibility index (Phi) is 38.6. The summed E-state index contributed by atoms with van der Waals surface area (Å²) < 4.78 is 26.5. The van der Waals surface area contributed by atoms with Gasteiger partial charge in [0.25, 0.3) is 0 Å². The highest BCUT2D eigenvalue weighted by Crippen LogP contribution is 2.36. The lowest BCUT2D eigenvalue weighted by molar-refractivity contribution is -0.161. The predicted octanol–water partition coefficient (Wildman–Crippen LogP) is 13.9. The normalized spacial score (nSPS) is 12.9. The molecule has 0 saturated carbocycles. The number of hydrogen-bond acceptors (Lipinski definition) is 6. The van der Waals surface area contributed by atoms with Crippen LogP contribution < -0.4 is 0 Å². The van der Waals surface area contributed by atoms with E-state index in [9.17, 15) is 14.2 Å². The van der Waals surface area contributed by atoms with Crippen LogP contribution in [0.1, 0.15) is 245 Å². The quantitative estimate of drug-likeness (QED) is 0.0357. The highest BCUT2D eigenvalue weighted by Gasteiger charge is 2.23. The summed E-state index contributed by atoms with van der Waals surface area (Å²) in [6.07, 6.45) is 41.0. The molecule has 0 saturated heterocycles. The van der Waals surface area contributed by atoms with E-state index in [2.05, 4.69) is 25.3 Å². The van der Waals surface area contributed by atoms with Crippen LogP contribution in [0.4, 0.5) is 0 Å². The van der Waals surface area contributed by atoms with Gasteiger partial charge in [-0.25, -0.2) is 4.57 Å². The maximum atomic E-state index is 12.4. The smallest absolute Gasteiger partial charge is 0.462 e. The standard InChI is InChI=1S/C44H87O8P/c1-4-6-7-8-9-10-11-12-13-14-15-20-23-26-29-32-35-38-44(46)52-42(40-51-53(47,48)49)39-50-43(45)37-34-31-28-25-22-19-17-16-18-21-24-27-30-33-36-41(3)5-2/h41-42H,4-40H2,1-3H3,(H2,47,48,49)/t41?,42-/m1/s1. The molecule has 0 radical (unpaired) electrons. The van der Waals surface area contributed by atoms with Crippen LogP contribution in [0.25, 0.3) is 0 Å². The van der Waals surface area contributed by atoms with E-state index in [1.54, 1.807) is 0 Å². The largest absolute Gasteiger partial charge is 0.469 e. The molecule has 316 valence electrons. The first-order chi connectivity index (χ1) is 25.7. The maximum Gasteiger partial charge on any atom is 0.469 e. The minimum Gasteiger partial charge on any atom is -0.462 e. The number of carbonyl (C=O) groups is 2. The number of carbonyl (C=O) groups excluding carboxylic acids is 2. The molecule has 53 heavy (non-hydrogen) atoms. The summed E-state index contributed by atoms with van der Waals surface area (Å²) in [6.45, 7) is 6.11. The van der Waals surface area contributed by atoms with Gasteiger partial charge in [-0.15, -0.1) is 0 Å². The van der Waals surface area contributed by atoms with Gasteiger partial charge in [-0.05, 0) is 18.8 Å². The van der Waals surface area contributed by atoms with E-state index in [-0.39, 0.29) is 19.4 Å². The van der Waals surface area contributed by atoms with Crippen molar-refractivity contribution in [1.82, 2.24) is 0 Å². The zero-order chi connectivity index (χ0) is 39.1. The van der Waals surface area contributed by atoms with Crippen molar-refractivity contribution in [2.75, 3.05) is 13.2 Å². The van der Waals surface area contributed by atoms with E-state index in [1.165, 1.54) is 173 Å². The van der Waals surface area contributed by atoms with Gasteiger partial charge in [0.15, 0.2) is 6.10 Å². The summed E-state index contributed by atoms with van der Waals surface area (Å²) >= 11 is 0. The molecule has 0 heterocycles. The SMILES string of the molecule is CCCCCCCCCCCCCCCCCCCC(=O)O[C@H](COC(=O)CCCCCCCCCCCCCCCCC(C)CC)COP(=O)(O)O. The van der Waals surface area contributed by atoms with Crippen LogP contribution in [0.2, 0.25) is 0 Å². The van der Waals surface area contributed by atoms with Crippen molar-refractivity contribution in [3.63, 3.8) is 0 Å². The van der Waals surface area contributed by atoms with Crippen molar-refractivity contribution in [2.24, 2.45) is 5.92 Å². The van der Waals surface area contributed by atoms with Gasteiger partial charge in [0.1, 0.15) is 6.61 Å². The second kappa shape index (κ2) is 39.3. The van der Waals surface area contributed by atoms with Crippen LogP contribution in [0.15, 0.2) is 0 Å². The second-order valence-corrected chi connectivity index (χ2v) is 17.2. The summed E-state index contributed by atoms with van der Waals surface area (Å²) in [6, 6.07) is 0. The molecule has 2 atom stereocenters. The Labute approximate surface area is 327 Å². The molecule has 0 aromatic carbocycles. The zero-order valence-electron chi connectivity index (χ0n) is 35.1.